The average molecular weight is 282 g/mol. The molecule has 2 N–H and O–H groups in total. The van der Waals surface area contributed by atoms with Gasteiger partial charge in [-0.25, -0.2) is 4.79 Å². The molecule has 4 nitrogen and oxygen atoms in total. The maximum absolute atomic E-state index is 12.1. The van der Waals surface area contributed by atoms with E-state index in [1.807, 2.05) is 30.3 Å². The van der Waals surface area contributed by atoms with E-state index in [2.05, 4.69) is 22.8 Å². The Balaban J connectivity index is 1.65. The molecule has 4 heteroatoms. The summed E-state index contributed by atoms with van der Waals surface area (Å²) in [5, 5.41) is 5.87. The fraction of sp³-hybridized carbons (Fsp3) is 0.235. The van der Waals surface area contributed by atoms with Gasteiger partial charge in [0.05, 0.1) is 13.2 Å². The lowest BCUT2D eigenvalue weighted by molar-refractivity contribution is 0.248. The van der Waals surface area contributed by atoms with Gasteiger partial charge in [-0.1, -0.05) is 30.3 Å². The van der Waals surface area contributed by atoms with Crippen molar-refractivity contribution in [1.29, 1.82) is 0 Å². The Morgan fingerprint density at radius 3 is 2.90 bits per heavy atom. The van der Waals surface area contributed by atoms with Crippen molar-refractivity contribution in [3.63, 3.8) is 0 Å². The predicted molar refractivity (Wildman–Crippen MR) is 82.7 cm³/mol. The van der Waals surface area contributed by atoms with E-state index >= 15 is 0 Å². The second kappa shape index (κ2) is 5.87. The average Bonchev–Trinajstić information content (AvgIpc) is 2.91. The van der Waals surface area contributed by atoms with Crippen LogP contribution in [0.15, 0.2) is 48.5 Å². The molecule has 1 aliphatic rings. The van der Waals surface area contributed by atoms with Crippen LogP contribution in [0.1, 0.15) is 23.6 Å². The van der Waals surface area contributed by atoms with Gasteiger partial charge in [0.15, 0.2) is 0 Å². The second-order valence-corrected chi connectivity index (χ2v) is 5.12. The highest BCUT2D eigenvalue weighted by molar-refractivity contribution is 5.89. The minimum absolute atomic E-state index is 0.0896. The van der Waals surface area contributed by atoms with Crippen LogP contribution in [0.4, 0.5) is 10.5 Å². The van der Waals surface area contributed by atoms with Gasteiger partial charge < -0.3 is 15.4 Å². The van der Waals surface area contributed by atoms with Gasteiger partial charge in [-0.3, -0.25) is 0 Å². The van der Waals surface area contributed by atoms with Crippen LogP contribution in [0.25, 0.3) is 0 Å². The normalized spacial score (nSPS) is 16.1. The Kier molecular flexibility index (Phi) is 3.77. The fourth-order valence-corrected chi connectivity index (χ4v) is 2.73. The maximum Gasteiger partial charge on any atom is 0.319 e. The summed E-state index contributed by atoms with van der Waals surface area (Å²) >= 11 is 0. The number of hydrogen-bond donors (Lipinski definition) is 2. The Morgan fingerprint density at radius 1 is 1.19 bits per heavy atom. The van der Waals surface area contributed by atoms with Crippen LogP contribution in [0, 0.1) is 0 Å². The first-order valence-electron chi connectivity index (χ1n) is 7.05. The Bertz CT molecular complexity index is 655. The number of aryl methyl sites for hydroxylation is 1. The minimum Gasteiger partial charge on any atom is -0.497 e. The quantitative estimate of drug-likeness (QED) is 0.905. The second-order valence-electron chi connectivity index (χ2n) is 5.12. The summed E-state index contributed by atoms with van der Waals surface area (Å²) in [5.41, 5.74) is 3.26. The Hall–Kier alpha value is -2.49. The molecular weight excluding hydrogens is 264 g/mol. The minimum atomic E-state index is -0.190. The fourth-order valence-electron chi connectivity index (χ4n) is 2.73. The molecule has 1 unspecified atom stereocenters. The third-order valence-electron chi connectivity index (χ3n) is 3.77. The van der Waals surface area contributed by atoms with Crippen LogP contribution in [0.3, 0.4) is 0 Å². The largest absolute Gasteiger partial charge is 0.497 e. The van der Waals surface area contributed by atoms with Crippen molar-refractivity contribution in [2.45, 2.75) is 18.9 Å². The number of fused-ring (bicyclic) bond motifs is 1. The number of benzene rings is 2. The highest BCUT2D eigenvalue weighted by Crippen LogP contribution is 2.30. The molecule has 0 aliphatic heterocycles. The number of ether oxygens (including phenoxy) is 1. The number of carbonyl (C=O) groups is 1. The first-order chi connectivity index (χ1) is 10.3. The third-order valence-corrected chi connectivity index (χ3v) is 3.77. The van der Waals surface area contributed by atoms with Gasteiger partial charge in [-0.2, -0.15) is 0 Å². The number of hydrogen-bond acceptors (Lipinski definition) is 2. The third kappa shape index (κ3) is 2.99. The summed E-state index contributed by atoms with van der Waals surface area (Å²) in [7, 11) is 1.61. The van der Waals surface area contributed by atoms with E-state index in [1.165, 1.54) is 11.1 Å². The van der Waals surface area contributed by atoms with E-state index in [-0.39, 0.29) is 12.1 Å². The van der Waals surface area contributed by atoms with Crippen molar-refractivity contribution in [3.05, 3.63) is 59.7 Å². The number of amides is 2. The van der Waals surface area contributed by atoms with Gasteiger partial charge >= 0.3 is 6.03 Å². The summed E-state index contributed by atoms with van der Waals surface area (Å²) in [4.78, 5) is 12.1. The molecule has 1 atom stereocenters. The molecule has 1 aliphatic carbocycles. The zero-order valence-corrected chi connectivity index (χ0v) is 11.9. The maximum atomic E-state index is 12.1. The highest BCUT2D eigenvalue weighted by Gasteiger charge is 2.23. The lowest BCUT2D eigenvalue weighted by Gasteiger charge is -2.15. The van der Waals surface area contributed by atoms with Crippen molar-refractivity contribution < 1.29 is 9.53 Å². The lowest BCUT2D eigenvalue weighted by Crippen LogP contribution is -2.31. The number of anilines is 1. The smallest absolute Gasteiger partial charge is 0.319 e. The summed E-state index contributed by atoms with van der Waals surface area (Å²) in [6.45, 7) is 0. The molecule has 108 valence electrons. The Labute approximate surface area is 124 Å². The van der Waals surface area contributed by atoms with Crippen LogP contribution in [-0.4, -0.2) is 13.1 Å². The molecule has 3 rings (SSSR count). The lowest BCUT2D eigenvalue weighted by atomic mass is 10.1. The molecule has 0 fully saturated rings. The van der Waals surface area contributed by atoms with Gasteiger partial charge in [0.25, 0.3) is 0 Å². The van der Waals surface area contributed by atoms with E-state index in [0.29, 0.717) is 0 Å². The molecule has 0 heterocycles. The number of rotatable bonds is 3. The standard InChI is InChI=1S/C17H18N2O2/c1-21-14-7-4-6-13(11-14)18-17(20)19-16-10-9-12-5-2-3-8-15(12)16/h2-8,11,16H,9-10H2,1H3,(H2,18,19,20). The monoisotopic (exact) mass is 282 g/mol. The summed E-state index contributed by atoms with van der Waals surface area (Å²) in [6, 6.07) is 15.5. The van der Waals surface area contributed by atoms with Gasteiger partial charge in [0.1, 0.15) is 5.75 Å². The molecular formula is C17H18N2O2. The zero-order valence-electron chi connectivity index (χ0n) is 11.9. The van der Waals surface area contributed by atoms with Crippen molar-refractivity contribution in [3.8, 4) is 5.75 Å². The molecule has 0 spiro atoms. The van der Waals surface area contributed by atoms with Gasteiger partial charge in [-0.05, 0) is 36.1 Å². The van der Waals surface area contributed by atoms with E-state index in [1.54, 1.807) is 13.2 Å². The van der Waals surface area contributed by atoms with Gasteiger partial charge in [0.2, 0.25) is 0 Å². The molecule has 21 heavy (non-hydrogen) atoms. The predicted octanol–water partition coefficient (Wildman–Crippen LogP) is 3.50. The number of methoxy groups -OCH3 is 1. The Morgan fingerprint density at radius 2 is 2.05 bits per heavy atom. The molecule has 2 aromatic carbocycles. The molecule has 2 amide bonds. The molecule has 0 saturated heterocycles. The van der Waals surface area contributed by atoms with E-state index in [0.717, 1.165) is 24.3 Å². The molecule has 0 aromatic heterocycles. The number of urea groups is 1. The van der Waals surface area contributed by atoms with Crippen molar-refractivity contribution >= 4 is 11.7 Å². The molecule has 0 saturated carbocycles. The van der Waals surface area contributed by atoms with Crippen LogP contribution >= 0.6 is 0 Å². The number of carbonyl (C=O) groups excluding carboxylic acids is 1. The number of nitrogens with one attached hydrogen (secondary N) is 2. The molecule has 0 radical (unpaired) electrons. The highest BCUT2D eigenvalue weighted by atomic mass is 16.5. The summed E-state index contributed by atoms with van der Waals surface area (Å²) in [5.74, 6) is 0.721. The van der Waals surface area contributed by atoms with Crippen molar-refractivity contribution in [2.24, 2.45) is 0 Å². The van der Waals surface area contributed by atoms with Crippen molar-refractivity contribution in [1.82, 2.24) is 5.32 Å². The topological polar surface area (TPSA) is 50.4 Å². The first-order valence-corrected chi connectivity index (χ1v) is 7.05. The summed E-state index contributed by atoms with van der Waals surface area (Å²) < 4.78 is 5.14. The van der Waals surface area contributed by atoms with E-state index < -0.39 is 0 Å². The summed E-state index contributed by atoms with van der Waals surface area (Å²) in [6.07, 6.45) is 1.96. The van der Waals surface area contributed by atoms with E-state index in [9.17, 15) is 4.79 Å². The van der Waals surface area contributed by atoms with Crippen molar-refractivity contribution in [2.75, 3.05) is 12.4 Å². The van der Waals surface area contributed by atoms with Gasteiger partial charge in [-0.15, -0.1) is 0 Å². The van der Waals surface area contributed by atoms with E-state index in [4.69, 9.17) is 4.74 Å². The molecule has 2 aromatic rings. The van der Waals surface area contributed by atoms with Crippen LogP contribution in [-0.2, 0) is 6.42 Å². The van der Waals surface area contributed by atoms with Crippen LogP contribution in [0.2, 0.25) is 0 Å². The zero-order chi connectivity index (χ0) is 14.7. The van der Waals surface area contributed by atoms with Crippen LogP contribution < -0.4 is 15.4 Å². The SMILES string of the molecule is COc1cccc(NC(=O)NC2CCc3ccccc32)c1. The van der Waals surface area contributed by atoms with Gasteiger partial charge in [0, 0.05) is 11.8 Å². The van der Waals surface area contributed by atoms with Crippen LogP contribution in [0.5, 0.6) is 5.75 Å². The molecule has 0 bridgehead atoms. The first kappa shape index (κ1) is 13.5.